The molecule has 3 nitrogen and oxygen atoms in total. The molecular weight excluding hydrogens is 399 g/mol. The molecule has 3 rings (SSSR count). The van der Waals surface area contributed by atoms with Gasteiger partial charge in [0.1, 0.15) is 0 Å². The molecule has 1 atom stereocenters. The highest BCUT2D eigenvalue weighted by Crippen LogP contribution is 2.46. The first kappa shape index (κ1) is 16.3. The van der Waals surface area contributed by atoms with Gasteiger partial charge in [0.2, 0.25) is 0 Å². The van der Waals surface area contributed by atoms with Gasteiger partial charge in [-0.1, -0.05) is 32.0 Å². The predicted molar refractivity (Wildman–Crippen MR) is 98.4 cm³/mol. The number of carbonyl (C=O) groups is 1. The van der Waals surface area contributed by atoms with Crippen molar-refractivity contribution in [2.24, 2.45) is 5.41 Å². The highest BCUT2D eigenvalue weighted by molar-refractivity contribution is 14.1. The van der Waals surface area contributed by atoms with Crippen molar-refractivity contribution in [1.82, 2.24) is 5.32 Å². The van der Waals surface area contributed by atoms with Crippen molar-refractivity contribution in [1.29, 1.82) is 5.26 Å². The van der Waals surface area contributed by atoms with Crippen molar-refractivity contribution in [2.75, 3.05) is 0 Å². The van der Waals surface area contributed by atoms with E-state index in [1.807, 2.05) is 31.2 Å². The van der Waals surface area contributed by atoms with Crippen LogP contribution >= 0.6 is 22.6 Å². The standard InChI is InChI=1S/C19H19IN2O/c1-11-13(10-21)17(12-6-4-5-7-14(12)20)18-15(22-11)8-19(2,3)9-16(18)23/h4-7,17,22H,8-9H2,1-3H3/t17-/m1/s1. The number of ketones is 1. The third-order valence-corrected chi connectivity index (χ3v) is 5.56. The van der Waals surface area contributed by atoms with Crippen molar-refractivity contribution >= 4 is 28.4 Å². The Morgan fingerprint density at radius 1 is 1.30 bits per heavy atom. The Hall–Kier alpha value is -1.61. The molecule has 118 valence electrons. The van der Waals surface area contributed by atoms with Gasteiger partial charge in [-0.15, -0.1) is 0 Å². The van der Waals surface area contributed by atoms with Crippen LogP contribution in [0.25, 0.3) is 0 Å². The minimum Gasteiger partial charge on any atom is -0.361 e. The molecule has 0 fully saturated rings. The fraction of sp³-hybridized carbons (Fsp3) is 0.368. The van der Waals surface area contributed by atoms with Gasteiger partial charge in [-0.05, 0) is 53.0 Å². The molecule has 1 aliphatic heterocycles. The van der Waals surface area contributed by atoms with Crippen molar-refractivity contribution in [2.45, 2.75) is 39.5 Å². The lowest BCUT2D eigenvalue weighted by Gasteiger charge is -2.38. The summed E-state index contributed by atoms with van der Waals surface area (Å²) in [6.45, 7) is 6.17. The van der Waals surface area contributed by atoms with E-state index in [1.165, 1.54) is 0 Å². The Kier molecular flexibility index (Phi) is 4.09. The molecule has 1 heterocycles. The number of Topliss-reactive ketones (excluding diaryl/α,β-unsaturated/α-hetero) is 1. The van der Waals surface area contributed by atoms with Gasteiger partial charge in [-0.3, -0.25) is 4.79 Å². The maximum atomic E-state index is 12.9. The van der Waals surface area contributed by atoms with E-state index in [1.54, 1.807) is 0 Å². The lowest BCUT2D eigenvalue weighted by Crippen LogP contribution is -2.37. The molecule has 1 aromatic rings. The van der Waals surface area contributed by atoms with Crippen LogP contribution in [-0.2, 0) is 4.79 Å². The number of nitriles is 1. The van der Waals surface area contributed by atoms with E-state index in [9.17, 15) is 10.1 Å². The van der Waals surface area contributed by atoms with Gasteiger partial charge < -0.3 is 5.32 Å². The Balaban J connectivity index is 2.22. The molecule has 1 N–H and O–H groups in total. The van der Waals surface area contributed by atoms with Crippen molar-refractivity contribution < 1.29 is 4.79 Å². The van der Waals surface area contributed by atoms with Crippen molar-refractivity contribution in [3.05, 3.63) is 55.9 Å². The lowest BCUT2D eigenvalue weighted by molar-refractivity contribution is -0.118. The summed E-state index contributed by atoms with van der Waals surface area (Å²) >= 11 is 2.29. The number of dihydropyridines is 1. The molecule has 0 spiro atoms. The fourth-order valence-corrected chi connectivity index (χ4v) is 4.30. The number of allylic oxidation sites excluding steroid dienone is 4. The number of benzene rings is 1. The Morgan fingerprint density at radius 3 is 2.65 bits per heavy atom. The van der Waals surface area contributed by atoms with Crippen LogP contribution in [0.2, 0.25) is 0 Å². The molecule has 23 heavy (non-hydrogen) atoms. The van der Waals surface area contributed by atoms with Gasteiger partial charge in [-0.25, -0.2) is 0 Å². The number of nitrogens with one attached hydrogen (secondary N) is 1. The molecule has 0 bridgehead atoms. The number of halogens is 1. The van der Waals surface area contributed by atoms with Crippen LogP contribution in [0.5, 0.6) is 0 Å². The van der Waals surface area contributed by atoms with Crippen LogP contribution in [0.4, 0.5) is 0 Å². The number of hydrogen-bond acceptors (Lipinski definition) is 3. The molecule has 1 aliphatic carbocycles. The zero-order valence-electron chi connectivity index (χ0n) is 13.5. The number of rotatable bonds is 1. The molecule has 2 aliphatic rings. The van der Waals surface area contributed by atoms with Crippen molar-refractivity contribution in [3.63, 3.8) is 0 Å². The summed E-state index contributed by atoms with van der Waals surface area (Å²) in [7, 11) is 0. The van der Waals surface area contributed by atoms with Crippen LogP contribution < -0.4 is 5.32 Å². The minimum absolute atomic E-state index is 0.0399. The summed E-state index contributed by atoms with van der Waals surface area (Å²) in [6.07, 6.45) is 1.37. The maximum Gasteiger partial charge on any atom is 0.162 e. The number of nitrogens with zero attached hydrogens (tertiary/aromatic N) is 1. The monoisotopic (exact) mass is 418 g/mol. The van der Waals surface area contributed by atoms with Gasteiger partial charge in [0, 0.05) is 27.0 Å². The van der Waals surface area contributed by atoms with Crippen LogP contribution in [0.3, 0.4) is 0 Å². The minimum atomic E-state index is -0.243. The van der Waals surface area contributed by atoms with Crippen LogP contribution in [0, 0.1) is 20.3 Å². The Bertz CT molecular complexity index is 796. The highest BCUT2D eigenvalue weighted by atomic mass is 127. The predicted octanol–water partition coefficient (Wildman–Crippen LogP) is 4.42. The van der Waals surface area contributed by atoms with E-state index in [4.69, 9.17) is 0 Å². The van der Waals surface area contributed by atoms with E-state index in [0.29, 0.717) is 12.0 Å². The van der Waals surface area contributed by atoms with Gasteiger partial charge in [0.15, 0.2) is 5.78 Å². The molecule has 0 amide bonds. The van der Waals surface area contributed by atoms with Crippen LogP contribution in [0.1, 0.15) is 45.1 Å². The second-order valence-corrected chi connectivity index (χ2v) is 8.23. The first-order chi connectivity index (χ1) is 10.8. The van der Waals surface area contributed by atoms with Gasteiger partial charge in [0.25, 0.3) is 0 Å². The molecule has 0 aromatic heterocycles. The molecule has 0 radical (unpaired) electrons. The second-order valence-electron chi connectivity index (χ2n) is 7.06. The van der Waals surface area contributed by atoms with Crippen LogP contribution in [-0.4, -0.2) is 5.78 Å². The first-order valence-electron chi connectivity index (χ1n) is 7.72. The van der Waals surface area contributed by atoms with E-state index >= 15 is 0 Å². The smallest absolute Gasteiger partial charge is 0.162 e. The summed E-state index contributed by atoms with van der Waals surface area (Å²) in [6, 6.07) is 10.3. The quantitative estimate of drug-likeness (QED) is 0.688. The van der Waals surface area contributed by atoms with Gasteiger partial charge >= 0.3 is 0 Å². The average Bonchev–Trinajstić information content (AvgIpc) is 2.45. The number of carbonyl (C=O) groups excluding carboxylic acids is 1. The van der Waals surface area contributed by atoms with Gasteiger partial charge in [-0.2, -0.15) is 5.26 Å². The second kappa shape index (κ2) is 5.79. The molecule has 0 saturated carbocycles. The van der Waals surface area contributed by atoms with Crippen molar-refractivity contribution in [3.8, 4) is 6.07 Å². The summed E-state index contributed by atoms with van der Waals surface area (Å²) in [5.74, 6) is -0.0818. The summed E-state index contributed by atoms with van der Waals surface area (Å²) in [4.78, 5) is 12.9. The topological polar surface area (TPSA) is 52.9 Å². The Labute approximate surface area is 150 Å². The number of hydrogen-bond donors (Lipinski definition) is 1. The fourth-order valence-electron chi connectivity index (χ4n) is 3.60. The third kappa shape index (κ3) is 2.83. The lowest BCUT2D eigenvalue weighted by atomic mass is 9.69. The highest BCUT2D eigenvalue weighted by Gasteiger charge is 2.41. The molecule has 1 aromatic carbocycles. The summed E-state index contributed by atoms with van der Waals surface area (Å²) < 4.78 is 1.09. The van der Waals surface area contributed by atoms with E-state index in [0.717, 1.165) is 32.5 Å². The summed E-state index contributed by atoms with van der Waals surface area (Å²) in [5.41, 5.74) is 4.30. The third-order valence-electron chi connectivity index (χ3n) is 4.58. The summed E-state index contributed by atoms with van der Waals surface area (Å²) in [5, 5.41) is 13.0. The largest absolute Gasteiger partial charge is 0.361 e. The zero-order valence-corrected chi connectivity index (χ0v) is 15.7. The molecular formula is C19H19IN2O. The van der Waals surface area contributed by atoms with E-state index in [-0.39, 0.29) is 17.1 Å². The Morgan fingerprint density at radius 2 is 2.00 bits per heavy atom. The van der Waals surface area contributed by atoms with Gasteiger partial charge in [0.05, 0.1) is 17.6 Å². The normalized spacial score (nSPS) is 23.3. The molecule has 0 saturated heterocycles. The van der Waals surface area contributed by atoms with E-state index in [2.05, 4.69) is 47.8 Å². The zero-order chi connectivity index (χ0) is 16.8. The maximum absolute atomic E-state index is 12.9. The van der Waals surface area contributed by atoms with E-state index < -0.39 is 0 Å². The molecule has 4 heteroatoms. The molecule has 0 unspecified atom stereocenters. The SMILES string of the molecule is CC1=C(C#N)[C@@H](c2ccccc2I)C2=C(CC(C)(C)CC2=O)N1. The van der Waals surface area contributed by atoms with Crippen LogP contribution in [0.15, 0.2) is 46.8 Å². The average molecular weight is 418 g/mol. The first-order valence-corrected chi connectivity index (χ1v) is 8.80.